The van der Waals surface area contributed by atoms with E-state index in [0.717, 1.165) is 5.69 Å². The molecule has 1 aromatic carbocycles. The van der Waals surface area contributed by atoms with Crippen LogP contribution >= 0.6 is 0 Å². The molecule has 0 saturated carbocycles. The maximum atomic E-state index is 15.0. The molecule has 1 saturated heterocycles. The lowest BCUT2D eigenvalue weighted by Gasteiger charge is -2.44. The second-order valence-electron chi connectivity index (χ2n) is 6.88. The maximum Gasteiger partial charge on any atom is 0.274 e. The predicted molar refractivity (Wildman–Crippen MR) is 102 cm³/mol. The number of halogens is 2. The van der Waals surface area contributed by atoms with Crippen LogP contribution in [-0.2, 0) is 0 Å². The molecule has 0 radical (unpaired) electrons. The lowest BCUT2D eigenvalue weighted by molar-refractivity contribution is 0.0698. The Hall–Kier alpha value is -3.49. The van der Waals surface area contributed by atoms with Crippen molar-refractivity contribution >= 4 is 11.7 Å². The minimum Gasteiger partial charge on any atom is -0.350 e. The molecule has 1 aliphatic rings. The van der Waals surface area contributed by atoms with Gasteiger partial charge in [-0.3, -0.25) is 9.78 Å². The van der Waals surface area contributed by atoms with Crippen LogP contribution in [0.1, 0.15) is 16.2 Å². The number of benzene rings is 1. The molecule has 3 heterocycles. The van der Waals surface area contributed by atoms with Crippen LogP contribution in [0, 0.1) is 18.6 Å². The maximum absolute atomic E-state index is 15.0. The van der Waals surface area contributed by atoms with Crippen LogP contribution in [0.4, 0.5) is 14.6 Å². The summed E-state index contributed by atoms with van der Waals surface area (Å²) in [6.07, 6.45) is 4.27. The lowest BCUT2D eigenvalue weighted by Crippen LogP contribution is -2.60. The van der Waals surface area contributed by atoms with Crippen molar-refractivity contribution in [2.24, 2.45) is 0 Å². The third-order valence-electron chi connectivity index (χ3n) is 4.92. The van der Waals surface area contributed by atoms with Crippen LogP contribution in [0.25, 0.3) is 11.3 Å². The van der Waals surface area contributed by atoms with Gasteiger partial charge >= 0.3 is 0 Å². The Bertz CT molecular complexity index is 1040. The zero-order valence-corrected chi connectivity index (χ0v) is 15.9. The summed E-state index contributed by atoms with van der Waals surface area (Å²) in [5, 5.41) is 0. The smallest absolute Gasteiger partial charge is 0.274 e. The van der Waals surface area contributed by atoms with Crippen LogP contribution in [0.3, 0.4) is 0 Å². The molecule has 2 aromatic heterocycles. The number of aryl methyl sites for hydroxylation is 1. The number of carbonyl (C=O) groups excluding carboxylic acids is 1. The summed E-state index contributed by atoms with van der Waals surface area (Å²) in [6, 6.07) is 5.35. The lowest BCUT2D eigenvalue weighted by atomic mass is 10.1. The molecule has 0 bridgehead atoms. The average Bonchev–Trinajstić information content (AvgIpc) is 2.69. The highest BCUT2D eigenvalue weighted by Gasteiger charge is 2.35. The van der Waals surface area contributed by atoms with Gasteiger partial charge in [-0.15, -0.1) is 0 Å². The summed E-state index contributed by atoms with van der Waals surface area (Å²) in [7, 11) is 1.69. The number of hydrogen-bond donors (Lipinski definition) is 0. The Kier molecular flexibility index (Phi) is 4.87. The molecule has 148 valence electrons. The van der Waals surface area contributed by atoms with Gasteiger partial charge in [0.05, 0.1) is 17.9 Å². The van der Waals surface area contributed by atoms with Crippen molar-refractivity contribution in [2.45, 2.75) is 13.0 Å². The third kappa shape index (κ3) is 3.63. The first kappa shape index (κ1) is 18.9. The van der Waals surface area contributed by atoms with Crippen molar-refractivity contribution in [1.29, 1.82) is 0 Å². The molecule has 4 rings (SSSR count). The van der Waals surface area contributed by atoms with Crippen molar-refractivity contribution in [1.82, 2.24) is 24.8 Å². The van der Waals surface area contributed by atoms with Gasteiger partial charge in [-0.25, -0.2) is 23.7 Å². The molecule has 1 aliphatic heterocycles. The largest absolute Gasteiger partial charge is 0.350 e. The Labute approximate surface area is 166 Å². The number of hydrogen-bond acceptors (Lipinski definition) is 6. The summed E-state index contributed by atoms with van der Waals surface area (Å²) >= 11 is 0. The summed E-state index contributed by atoms with van der Waals surface area (Å²) in [5.74, 6) is -1.06. The van der Waals surface area contributed by atoms with Crippen LogP contribution < -0.4 is 4.90 Å². The molecule has 0 unspecified atom stereocenters. The van der Waals surface area contributed by atoms with E-state index in [2.05, 4.69) is 19.9 Å². The average molecular weight is 396 g/mol. The second kappa shape index (κ2) is 7.50. The van der Waals surface area contributed by atoms with Gasteiger partial charge in [0, 0.05) is 31.9 Å². The van der Waals surface area contributed by atoms with E-state index >= 15 is 0 Å². The molecule has 0 aliphatic carbocycles. The fourth-order valence-corrected chi connectivity index (χ4v) is 3.11. The van der Waals surface area contributed by atoms with E-state index < -0.39 is 11.6 Å². The van der Waals surface area contributed by atoms with Gasteiger partial charge in [-0.05, 0) is 31.2 Å². The number of amides is 1. The van der Waals surface area contributed by atoms with E-state index in [1.165, 1.54) is 36.8 Å². The Morgan fingerprint density at radius 1 is 1.07 bits per heavy atom. The first-order chi connectivity index (χ1) is 13.9. The molecular formula is C20H18F2N6O. The van der Waals surface area contributed by atoms with Gasteiger partial charge < -0.3 is 9.80 Å². The highest BCUT2D eigenvalue weighted by molar-refractivity contribution is 5.92. The number of rotatable bonds is 4. The van der Waals surface area contributed by atoms with Crippen molar-refractivity contribution in [3.05, 3.63) is 66.0 Å². The second-order valence-corrected chi connectivity index (χ2v) is 6.88. The quantitative estimate of drug-likeness (QED) is 0.675. The van der Waals surface area contributed by atoms with E-state index in [1.54, 1.807) is 30.0 Å². The zero-order valence-electron chi connectivity index (χ0n) is 15.9. The molecule has 0 atom stereocenters. The third-order valence-corrected chi connectivity index (χ3v) is 4.92. The highest BCUT2D eigenvalue weighted by atomic mass is 19.1. The summed E-state index contributed by atoms with van der Waals surface area (Å²) < 4.78 is 28.1. The standard InChI is InChI=1S/C20H18F2N6O/c1-12-7-24-16(8-23-12)20(29)27(2)15-9-28(10-15)19-17(22)18(25-11-26-19)13-3-5-14(21)6-4-13/h3-8,11,15H,9-10H2,1-2H3. The van der Waals surface area contributed by atoms with Crippen molar-refractivity contribution < 1.29 is 13.6 Å². The van der Waals surface area contributed by atoms with Crippen LogP contribution in [-0.4, -0.2) is 56.9 Å². The Morgan fingerprint density at radius 3 is 2.45 bits per heavy atom. The zero-order chi connectivity index (χ0) is 20.5. The van der Waals surface area contributed by atoms with Crippen molar-refractivity contribution in [3.63, 3.8) is 0 Å². The van der Waals surface area contributed by atoms with E-state index in [4.69, 9.17) is 0 Å². The number of nitrogens with zero attached hydrogens (tertiary/aromatic N) is 6. The molecule has 7 nitrogen and oxygen atoms in total. The molecule has 3 aromatic rings. The Balaban J connectivity index is 1.47. The van der Waals surface area contributed by atoms with Crippen LogP contribution in [0.5, 0.6) is 0 Å². The fraction of sp³-hybridized carbons (Fsp3) is 0.250. The van der Waals surface area contributed by atoms with Gasteiger partial charge in [0.15, 0.2) is 11.6 Å². The number of likely N-dealkylation sites (N-methyl/N-ethyl adjacent to an activating group) is 1. The number of aromatic nitrogens is 4. The minimum atomic E-state index is -0.573. The number of anilines is 1. The molecule has 0 spiro atoms. The SMILES string of the molecule is Cc1cnc(C(=O)N(C)C2CN(c3ncnc(-c4ccc(F)cc4)c3F)C2)cn1. The van der Waals surface area contributed by atoms with Gasteiger partial charge in [0.1, 0.15) is 23.5 Å². The summed E-state index contributed by atoms with van der Waals surface area (Å²) in [4.78, 5) is 32.1. The van der Waals surface area contributed by atoms with E-state index in [1.807, 2.05) is 0 Å². The van der Waals surface area contributed by atoms with Crippen molar-refractivity contribution in [3.8, 4) is 11.3 Å². The molecule has 0 N–H and O–H groups in total. The van der Waals surface area contributed by atoms with Crippen LogP contribution in [0.2, 0.25) is 0 Å². The molecule has 29 heavy (non-hydrogen) atoms. The normalized spacial score (nSPS) is 13.9. The van der Waals surface area contributed by atoms with Gasteiger partial charge in [-0.1, -0.05) is 0 Å². The first-order valence-corrected chi connectivity index (χ1v) is 9.01. The fourth-order valence-electron chi connectivity index (χ4n) is 3.11. The minimum absolute atomic E-state index is 0.103. The summed E-state index contributed by atoms with van der Waals surface area (Å²) in [5.41, 5.74) is 1.58. The van der Waals surface area contributed by atoms with Gasteiger partial charge in [0.25, 0.3) is 5.91 Å². The molecule has 9 heteroatoms. The van der Waals surface area contributed by atoms with Gasteiger partial charge in [0.2, 0.25) is 0 Å². The van der Waals surface area contributed by atoms with Crippen molar-refractivity contribution in [2.75, 3.05) is 25.0 Å². The number of carbonyl (C=O) groups is 1. The Morgan fingerprint density at radius 2 is 1.79 bits per heavy atom. The molecule has 1 fully saturated rings. The molecule has 1 amide bonds. The first-order valence-electron chi connectivity index (χ1n) is 9.01. The monoisotopic (exact) mass is 396 g/mol. The predicted octanol–water partition coefficient (Wildman–Crippen LogP) is 2.48. The topological polar surface area (TPSA) is 75.1 Å². The highest BCUT2D eigenvalue weighted by Crippen LogP contribution is 2.29. The summed E-state index contributed by atoms with van der Waals surface area (Å²) in [6.45, 7) is 2.65. The van der Waals surface area contributed by atoms with E-state index in [9.17, 15) is 13.6 Å². The van der Waals surface area contributed by atoms with E-state index in [-0.39, 0.29) is 29.2 Å². The van der Waals surface area contributed by atoms with Gasteiger partial charge in [-0.2, -0.15) is 0 Å². The van der Waals surface area contributed by atoms with Crippen LogP contribution in [0.15, 0.2) is 43.0 Å². The molecular weight excluding hydrogens is 378 g/mol. The van der Waals surface area contributed by atoms with E-state index in [0.29, 0.717) is 18.7 Å².